The Labute approximate surface area is 140 Å². The summed E-state index contributed by atoms with van der Waals surface area (Å²) in [6.07, 6.45) is 1.86. The second-order valence-electron chi connectivity index (χ2n) is 5.29. The normalized spacial score (nSPS) is 11.8. The van der Waals surface area contributed by atoms with Gasteiger partial charge in [-0.2, -0.15) is 0 Å². The number of nitrogens with zero attached hydrogens (tertiary/aromatic N) is 1. The molecule has 0 aliphatic carbocycles. The van der Waals surface area contributed by atoms with Crippen molar-refractivity contribution in [1.82, 2.24) is 4.98 Å². The van der Waals surface area contributed by atoms with Gasteiger partial charge in [-0.3, -0.25) is 4.79 Å². The first kappa shape index (κ1) is 17.3. The molecule has 1 atom stereocenters. The van der Waals surface area contributed by atoms with Crippen LogP contribution in [0.15, 0.2) is 23.6 Å². The van der Waals surface area contributed by atoms with Crippen molar-refractivity contribution in [1.29, 1.82) is 0 Å². The number of hydrogen-bond acceptors (Lipinski definition) is 5. The molecule has 0 radical (unpaired) electrons. The minimum atomic E-state index is -0.00608. The number of ether oxygens (including phenoxy) is 2. The summed E-state index contributed by atoms with van der Waals surface area (Å²) in [6, 6.07) is 5.63. The van der Waals surface area contributed by atoms with E-state index in [2.05, 4.69) is 17.2 Å². The number of thiazole rings is 1. The van der Waals surface area contributed by atoms with E-state index in [0.29, 0.717) is 16.6 Å². The van der Waals surface area contributed by atoms with Crippen LogP contribution in [0.25, 0.3) is 11.3 Å². The van der Waals surface area contributed by atoms with Gasteiger partial charge < -0.3 is 14.8 Å². The molecule has 1 amide bonds. The average Bonchev–Trinajstić information content (AvgIpc) is 3.02. The first-order valence-corrected chi connectivity index (χ1v) is 8.45. The smallest absolute Gasteiger partial charge is 0.228 e. The zero-order valence-electron chi connectivity index (χ0n) is 13.9. The number of carbonyl (C=O) groups excluding carboxylic acids is 1. The fourth-order valence-corrected chi connectivity index (χ4v) is 2.97. The Balaban J connectivity index is 2.14. The Morgan fingerprint density at radius 3 is 2.70 bits per heavy atom. The molecular formula is C17H22N2O3S. The van der Waals surface area contributed by atoms with E-state index in [1.165, 1.54) is 11.3 Å². The highest BCUT2D eigenvalue weighted by atomic mass is 32.1. The number of carbonyl (C=O) groups is 1. The van der Waals surface area contributed by atoms with Crippen molar-refractivity contribution in [2.45, 2.75) is 26.7 Å². The van der Waals surface area contributed by atoms with Crippen LogP contribution >= 0.6 is 11.3 Å². The van der Waals surface area contributed by atoms with Gasteiger partial charge in [-0.05, 0) is 24.6 Å². The lowest BCUT2D eigenvalue weighted by Crippen LogP contribution is -2.20. The standard InChI is InChI=1S/C17H22N2O3S/c1-5-6-11(2)16(20)19-17-18-13(10-23-17)12-7-8-14(21-3)15(9-12)22-4/h7-11H,5-6H2,1-4H3,(H,18,19,20). The third-order valence-corrected chi connectivity index (χ3v) is 4.34. The summed E-state index contributed by atoms with van der Waals surface area (Å²) in [5, 5.41) is 5.41. The van der Waals surface area contributed by atoms with Crippen LogP contribution in [0.3, 0.4) is 0 Å². The van der Waals surface area contributed by atoms with E-state index in [1.807, 2.05) is 30.5 Å². The first-order valence-electron chi connectivity index (χ1n) is 7.57. The molecule has 2 rings (SSSR count). The molecule has 0 aliphatic rings. The van der Waals surface area contributed by atoms with Crippen LogP contribution in [-0.4, -0.2) is 25.1 Å². The quantitative estimate of drug-likeness (QED) is 0.824. The lowest BCUT2D eigenvalue weighted by molar-refractivity contribution is -0.119. The molecule has 1 aromatic heterocycles. The Morgan fingerprint density at radius 1 is 1.30 bits per heavy atom. The molecule has 1 aromatic carbocycles. The number of amides is 1. The minimum absolute atomic E-state index is 0.00608. The molecule has 1 N–H and O–H groups in total. The molecule has 6 heteroatoms. The molecule has 0 saturated heterocycles. The summed E-state index contributed by atoms with van der Waals surface area (Å²) in [6.45, 7) is 4.00. The maximum atomic E-state index is 12.1. The number of methoxy groups -OCH3 is 2. The second-order valence-corrected chi connectivity index (χ2v) is 6.14. The number of benzene rings is 1. The Bertz CT molecular complexity index is 670. The molecule has 1 heterocycles. The van der Waals surface area contributed by atoms with Crippen LogP contribution in [0.2, 0.25) is 0 Å². The third kappa shape index (κ3) is 4.22. The van der Waals surface area contributed by atoms with Gasteiger partial charge in [0.1, 0.15) is 0 Å². The van der Waals surface area contributed by atoms with Crippen molar-refractivity contribution >= 4 is 22.4 Å². The second kappa shape index (κ2) is 7.97. The Kier molecular flexibility index (Phi) is 5.98. The number of rotatable bonds is 7. The molecule has 0 bridgehead atoms. The molecule has 5 nitrogen and oxygen atoms in total. The van der Waals surface area contributed by atoms with Crippen LogP contribution < -0.4 is 14.8 Å². The van der Waals surface area contributed by atoms with Gasteiger partial charge in [0.05, 0.1) is 19.9 Å². The van der Waals surface area contributed by atoms with Gasteiger partial charge in [0.15, 0.2) is 16.6 Å². The summed E-state index contributed by atoms with van der Waals surface area (Å²) in [5.41, 5.74) is 1.72. The van der Waals surface area contributed by atoms with Gasteiger partial charge in [-0.25, -0.2) is 4.98 Å². The first-order chi connectivity index (χ1) is 11.1. The van der Waals surface area contributed by atoms with Crippen LogP contribution in [0, 0.1) is 5.92 Å². The summed E-state index contributed by atoms with van der Waals surface area (Å²) in [4.78, 5) is 16.5. The zero-order valence-corrected chi connectivity index (χ0v) is 14.7. The molecule has 0 aliphatic heterocycles. The summed E-state index contributed by atoms with van der Waals surface area (Å²) in [7, 11) is 3.20. The Hall–Kier alpha value is -2.08. The fourth-order valence-electron chi connectivity index (χ4n) is 2.25. The fraction of sp³-hybridized carbons (Fsp3) is 0.412. The highest BCUT2D eigenvalue weighted by Crippen LogP contribution is 2.33. The van der Waals surface area contributed by atoms with Crippen molar-refractivity contribution in [2.24, 2.45) is 5.92 Å². The molecule has 0 fully saturated rings. The van der Waals surface area contributed by atoms with E-state index in [9.17, 15) is 4.79 Å². The van der Waals surface area contributed by atoms with Gasteiger partial charge in [-0.15, -0.1) is 11.3 Å². The topological polar surface area (TPSA) is 60.5 Å². The lowest BCUT2D eigenvalue weighted by Gasteiger charge is -2.09. The van der Waals surface area contributed by atoms with Crippen molar-refractivity contribution in [3.05, 3.63) is 23.6 Å². The monoisotopic (exact) mass is 334 g/mol. The van der Waals surface area contributed by atoms with E-state index in [0.717, 1.165) is 24.1 Å². The lowest BCUT2D eigenvalue weighted by atomic mass is 10.1. The van der Waals surface area contributed by atoms with Crippen LogP contribution in [0.5, 0.6) is 11.5 Å². The van der Waals surface area contributed by atoms with E-state index in [4.69, 9.17) is 9.47 Å². The van der Waals surface area contributed by atoms with Crippen molar-refractivity contribution in [3.63, 3.8) is 0 Å². The minimum Gasteiger partial charge on any atom is -0.493 e. The van der Waals surface area contributed by atoms with Crippen LogP contribution in [-0.2, 0) is 4.79 Å². The zero-order chi connectivity index (χ0) is 16.8. The van der Waals surface area contributed by atoms with E-state index in [1.54, 1.807) is 14.2 Å². The molecule has 2 aromatic rings. The highest BCUT2D eigenvalue weighted by Gasteiger charge is 2.14. The van der Waals surface area contributed by atoms with Crippen LogP contribution in [0.1, 0.15) is 26.7 Å². The van der Waals surface area contributed by atoms with Crippen molar-refractivity contribution in [3.8, 4) is 22.8 Å². The molecule has 0 saturated carbocycles. The molecule has 1 unspecified atom stereocenters. The van der Waals surface area contributed by atoms with E-state index in [-0.39, 0.29) is 11.8 Å². The van der Waals surface area contributed by atoms with Crippen molar-refractivity contribution < 1.29 is 14.3 Å². The largest absolute Gasteiger partial charge is 0.493 e. The maximum absolute atomic E-state index is 12.1. The number of anilines is 1. The molecule has 23 heavy (non-hydrogen) atoms. The van der Waals surface area contributed by atoms with E-state index >= 15 is 0 Å². The molecule has 124 valence electrons. The maximum Gasteiger partial charge on any atom is 0.228 e. The van der Waals surface area contributed by atoms with E-state index < -0.39 is 0 Å². The van der Waals surface area contributed by atoms with Gasteiger partial charge in [-0.1, -0.05) is 20.3 Å². The summed E-state index contributed by atoms with van der Waals surface area (Å²) in [5.74, 6) is 1.34. The third-order valence-electron chi connectivity index (χ3n) is 3.58. The number of nitrogens with one attached hydrogen (secondary N) is 1. The van der Waals surface area contributed by atoms with Gasteiger partial charge in [0.25, 0.3) is 0 Å². The SMILES string of the molecule is CCCC(C)C(=O)Nc1nc(-c2ccc(OC)c(OC)c2)cs1. The average molecular weight is 334 g/mol. The van der Waals surface area contributed by atoms with Gasteiger partial charge >= 0.3 is 0 Å². The summed E-state index contributed by atoms with van der Waals surface area (Å²) < 4.78 is 10.5. The number of aromatic nitrogens is 1. The van der Waals surface area contributed by atoms with Crippen LogP contribution in [0.4, 0.5) is 5.13 Å². The Morgan fingerprint density at radius 2 is 2.04 bits per heavy atom. The predicted octanol–water partition coefficient (Wildman–Crippen LogP) is 4.20. The predicted molar refractivity (Wildman–Crippen MR) is 93.4 cm³/mol. The summed E-state index contributed by atoms with van der Waals surface area (Å²) >= 11 is 1.42. The van der Waals surface area contributed by atoms with Crippen molar-refractivity contribution in [2.75, 3.05) is 19.5 Å². The molecular weight excluding hydrogens is 312 g/mol. The highest BCUT2D eigenvalue weighted by molar-refractivity contribution is 7.14. The molecule has 0 spiro atoms. The van der Waals surface area contributed by atoms with Gasteiger partial charge in [0.2, 0.25) is 5.91 Å². The number of hydrogen-bond donors (Lipinski definition) is 1. The van der Waals surface area contributed by atoms with Gasteiger partial charge in [0, 0.05) is 16.9 Å².